The number of H-pyrrole nitrogens is 1. The number of fused-ring (bicyclic) bond motifs is 1. The molecular formula is C23H24FN7O2. The zero-order chi connectivity index (χ0) is 22.9. The van der Waals surface area contributed by atoms with Crippen molar-refractivity contribution in [2.45, 2.75) is 6.92 Å². The number of halogens is 1. The van der Waals surface area contributed by atoms with Crippen LogP contribution in [-0.4, -0.2) is 74.3 Å². The lowest BCUT2D eigenvalue weighted by Crippen LogP contribution is -2.47. The number of benzene rings is 1. The molecule has 0 amide bonds. The highest BCUT2D eigenvalue weighted by Crippen LogP contribution is 2.26. The van der Waals surface area contributed by atoms with Crippen LogP contribution in [0, 0.1) is 12.7 Å². The van der Waals surface area contributed by atoms with E-state index in [-0.39, 0.29) is 12.3 Å². The van der Waals surface area contributed by atoms with Gasteiger partial charge in [0.2, 0.25) is 0 Å². The van der Waals surface area contributed by atoms with Crippen molar-refractivity contribution >= 4 is 16.9 Å². The Morgan fingerprint density at radius 2 is 1.97 bits per heavy atom. The predicted octanol–water partition coefficient (Wildman–Crippen LogP) is 1.73. The van der Waals surface area contributed by atoms with Crippen molar-refractivity contribution in [1.82, 2.24) is 29.9 Å². The second-order valence-corrected chi connectivity index (χ2v) is 8.09. The molecule has 1 saturated heterocycles. The third kappa shape index (κ3) is 3.98. The zero-order valence-electron chi connectivity index (χ0n) is 18.2. The smallest absolute Gasteiger partial charge is 0.273 e. The number of aliphatic hydroxyl groups excluding tert-OH is 1. The number of para-hydroxylation sites is 1. The summed E-state index contributed by atoms with van der Waals surface area (Å²) in [4.78, 5) is 21.7. The number of nitrogens with one attached hydrogen (secondary N) is 1. The molecule has 0 radical (unpaired) electrons. The van der Waals surface area contributed by atoms with Crippen LogP contribution in [0.4, 0.5) is 10.2 Å². The summed E-state index contributed by atoms with van der Waals surface area (Å²) < 4.78 is 15.6. The van der Waals surface area contributed by atoms with Crippen LogP contribution in [-0.2, 0) is 0 Å². The average molecular weight is 449 g/mol. The average Bonchev–Trinajstić information content (AvgIpc) is 3.22. The van der Waals surface area contributed by atoms with Gasteiger partial charge in [-0.15, -0.1) is 0 Å². The Balaban J connectivity index is 1.46. The molecule has 1 aliphatic heterocycles. The molecule has 4 heterocycles. The lowest BCUT2D eigenvalue weighted by molar-refractivity contribution is 0.188. The fraction of sp³-hybridized carbons (Fsp3) is 0.304. The van der Waals surface area contributed by atoms with Gasteiger partial charge in [0.05, 0.1) is 12.1 Å². The number of nitrogens with zero attached hydrogens (tertiary/aromatic N) is 6. The van der Waals surface area contributed by atoms with Gasteiger partial charge >= 0.3 is 0 Å². The van der Waals surface area contributed by atoms with Crippen molar-refractivity contribution in [1.29, 1.82) is 0 Å². The molecule has 5 rings (SSSR count). The maximum absolute atomic E-state index is 14.5. The second kappa shape index (κ2) is 8.72. The molecule has 170 valence electrons. The number of aryl methyl sites for hydroxylation is 1. The van der Waals surface area contributed by atoms with Gasteiger partial charge in [0.25, 0.3) is 5.56 Å². The first-order chi connectivity index (χ1) is 16.0. The maximum Gasteiger partial charge on any atom is 0.273 e. The maximum atomic E-state index is 14.5. The number of hydrogen-bond donors (Lipinski definition) is 2. The molecule has 10 heteroatoms. The summed E-state index contributed by atoms with van der Waals surface area (Å²) in [5.74, 6) is 0.355. The van der Waals surface area contributed by atoms with E-state index in [1.54, 1.807) is 25.3 Å². The van der Waals surface area contributed by atoms with Crippen LogP contribution in [0.1, 0.15) is 5.56 Å². The molecule has 0 unspecified atom stereocenters. The molecular weight excluding hydrogens is 425 g/mol. The number of β-amino-alcohol motifs (C(OH)–C–C–N with tert-alkyl or cyclic N) is 1. The molecule has 33 heavy (non-hydrogen) atoms. The summed E-state index contributed by atoms with van der Waals surface area (Å²) in [5, 5.41) is 20.7. The van der Waals surface area contributed by atoms with E-state index in [1.165, 1.54) is 12.1 Å². The first kappa shape index (κ1) is 21.2. The minimum absolute atomic E-state index is 0.130. The van der Waals surface area contributed by atoms with Gasteiger partial charge in [0, 0.05) is 50.6 Å². The SMILES string of the molecule is Cc1cccc(F)c1-n1nc2c(-c3ccc(N4CCN(CCO)CC4)nc3)n[nH]c2cc1=O. The third-order valence-electron chi connectivity index (χ3n) is 5.98. The summed E-state index contributed by atoms with van der Waals surface area (Å²) in [5.41, 5.74) is 2.52. The van der Waals surface area contributed by atoms with Gasteiger partial charge in [-0.25, -0.2) is 9.37 Å². The zero-order valence-corrected chi connectivity index (χ0v) is 18.2. The van der Waals surface area contributed by atoms with Gasteiger partial charge in [-0.3, -0.25) is 14.8 Å². The van der Waals surface area contributed by atoms with Crippen molar-refractivity contribution in [2.75, 3.05) is 44.2 Å². The Morgan fingerprint density at radius 1 is 1.15 bits per heavy atom. The Morgan fingerprint density at radius 3 is 2.67 bits per heavy atom. The normalized spacial score (nSPS) is 14.8. The van der Waals surface area contributed by atoms with E-state index in [9.17, 15) is 9.18 Å². The molecule has 9 nitrogen and oxygen atoms in total. The molecule has 1 fully saturated rings. The van der Waals surface area contributed by atoms with Gasteiger partial charge in [-0.1, -0.05) is 12.1 Å². The van der Waals surface area contributed by atoms with Crippen molar-refractivity contribution < 1.29 is 9.50 Å². The van der Waals surface area contributed by atoms with E-state index >= 15 is 0 Å². The Kier molecular flexibility index (Phi) is 5.61. The molecule has 4 aromatic rings. The first-order valence-electron chi connectivity index (χ1n) is 10.8. The third-order valence-corrected chi connectivity index (χ3v) is 5.98. The number of aliphatic hydroxyl groups is 1. The van der Waals surface area contributed by atoms with E-state index in [2.05, 4.69) is 30.1 Å². The second-order valence-electron chi connectivity index (χ2n) is 8.09. The number of aromatic nitrogens is 5. The molecule has 0 bridgehead atoms. The number of piperazine rings is 1. The highest BCUT2D eigenvalue weighted by molar-refractivity contribution is 5.89. The standard InChI is InChI=1S/C23H24FN7O2/c1-15-3-2-4-17(24)23(15)31-20(33)13-18-22(28-31)21(27-26-18)16-5-6-19(25-14-16)30-9-7-29(8-10-30)11-12-32/h2-6,13-14,26,32H,7-12H2,1H3. The number of aromatic amines is 1. The molecule has 3 aromatic heterocycles. The van der Waals surface area contributed by atoms with Crippen LogP contribution in [0.5, 0.6) is 0 Å². The lowest BCUT2D eigenvalue weighted by atomic mass is 10.1. The van der Waals surface area contributed by atoms with Crippen LogP contribution in [0.25, 0.3) is 28.0 Å². The van der Waals surface area contributed by atoms with E-state index in [0.29, 0.717) is 28.8 Å². The predicted molar refractivity (Wildman–Crippen MR) is 123 cm³/mol. The van der Waals surface area contributed by atoms with E-state index in [4.69, 9.17) is 5.11 Å². The van der Waals surface area contributed by atoms with Crippen LogP contribution in [0.2, 0.25) is 0 Å². The fourth-order valence-electron chi connectivity index (χ4n) is 4.19. The summed E-state index contributed by atoms with van der Waals surface area (Å²) in [6.07, 6.45) is 1.73. The number of rotatable bonds is 5. The summed E-state index contributed by atoms with van der Waals surface area (Å²) >= 11 is 0. The van der Waals surface area contributed by atoms with Crippen molar-refractivity contribution in [2.24, 2.45) is 0 Å². The fourth-order valence-corrected chi connectivity index (χ4v) is 4.19. The van der Waals surface area contributed by atoms with Crippen LogP contribution < -0.4 is 10.5 Å². The topological polar surface area (TPSA) is 103 Å². The minimum atomic E-state index is -0.515. The van der Waals surface area contributed by atoms with Gasteiger partial charge < -0.3 is 10.0 Å². The van der Waals surface area contributed by atoms with Crippen molar-refractivity contribution in [3.05, 3.63) is 64.3 Å². The van der Waals surface area contributed by atoms with Crippen molar-refractivity contribution in [3.63, 3.8) is 0 Å². The lowest BCUT2D eigenvalue weighted by Gasteiger charge is -2.35. The Hall–Kier alpha value is -3.63. The van der Waals surface area contributed by atoms with Gasteiger partial charge in [0.1, 0.15) is 28.5 Å². The summed E-state index contributed by atoms with van der Waals surface area (Å²) in [7, 11) is 0. The van der Waals surface area contributed by atoms with Crippen LogP contribution in [0.3, 0.4) is 0 Å². The van der Waals surface area contributed by atoms with E-state index in [1.807, 2.05) is 12.1 Å². The Labute approximate surface area is 189 Å². The van der Waals surface area contributed by atoms with Crippen LogP contribution >= 0.6 is 0 Å². The quantitative estimate of drug-likeness (QED) is 0.478. The first-order valence-corrected chi connectivity index (χ1v) is 10.8. The van der Waals surface area contributed by atoms with Gasteiger partial charge in [-0.2, -0.15) is 14.9 Å². The molecule has 0 aliphatic carbocycles. The molecule has 0 spiro atoms. The molecule has 2 N–H and O–H groups in total. The highest BCUT2D eigenvalue weighted by Gasteiger charge is 2.19. The van der Waals surface area contributed by atoms with Gasteiger partial charge in [0.15, 0.2) is 0 Å². The monoisotopic (exact) mass is 449 g/mol. The molecule has 0 atom stereocenters. The number of hydrogen-bond acceptors (Lipinski definition) is 7. The number of pyridine rings is 1. The Bertz CT molecular complexity index is 1320. The summed E-state index contributed by atoms with van der Waals surface area (Å²) in [6.45, 7) is 6.04. The largest absolute Gasteiger partial charge is 0.395 e. The molecule has 1 aromatic carbocycles. The molecule has 0 saturated carbocycles. The highest BCUT2D eigenvalue weighted by atomic mass is 19.1. The van der Waals surface area contributed by atoms with E-state index < -0.39 is 11.4 Å². The van der Waals surface area contributed by atoms with Crippen molar-refractivity contribution in [3.8, 4) is 16.9 Å². The number of anilines is 1. The van der Waals surface area contributed by atoms with Crippen LogP contribution in [0.15, 0.2) is 47.4 Å². The minimum Gasteiger partial charge on any atom is -0.395 e. The van der Waals surface area contributed by atoms with Gasteiger partial charge in [-0.05, 0) is 30.7 Å². The summed E-state index contributed by atoms with van der Waals surface area (Å²) in [6, 6.07) is 9.87. The van der Waals surface area contributed by atoms with E-state index in [0.717, 1.165) is 42.2 Å². The molecule has 1 aliphatic rings.